The van der Waals surface area contributed by atoms with Crippen molar-refractivity contribution in [1.29, 1.82) is 0 Å². The molecule has 0 aromatic heterocycles. The first-order valence-electron chi connectivity index (χ1n) is 5.56. The maximum Gasteiger partial charge on any atom is 0.307 e. The highest BCUT2D eigenvalue weighted by Gasteiger charge is 2.49. The number of hydrogen-bond acceptors (Lipinski definition) is 2. The van der Waals surface area contributed by atoms with Crippen LogP contribution in [0.2, 0.25) is 0 Å². The fraction of sp³-hybridized carbons (Fsp3) is 0.818. The molecule has 1 aliphatic rings. The van der Waals surface area contributed by atoms with Crippen LogP contribution in [0.25, 0.3) is 0 Å². The Balaban J connectivity index is 2.56. The van der Waals surface area contributed by atoms with Crippen molar-refractivity contribution in [3.8, 4) is 0 Å². The van der Waals surface area contributed by atoms with Crippen molar-refractivity contribution in [3.63, 3.8) is 0 Å². The number of carbonyl (C=O) groups is 2. The van der Waals surface area contributed by atoms with Gasteiger partial charge in [-0.3, -0.25) is 9.59 Å². The Kier molecular flexibility index (Phi) is 3.72. The van der Waals surface area contributed by atoms with Crippen LogP contribution in [0.4, 0.5) is 0 Å². The van der Waals surface area contributed by atoms with Crippen LogP contribution in [0, 0.1) is 11.8 Å². The molecule has 3 atom stereocenters. The molecule has 0 saturated heterocycles. The molecule has 1 N–H and O–H groups in total. The highest BCUT2D eigenvalue weighted by atomic mass is 16.4. The van der Waals surface area contributed by atoms with E-state index in [2.05, 4.69) is 0 Å². The summed E-state index contributed by atoms with van der Waals surface area (Å²) < 4.78 is 0. The average molecular weight is 213 g/mol. The van der Waals surface area contributed by atoms with E-state index in [1.165, 1.54) is 0 Å². The number of amides is 1. The second kappa shape index (κ2) is 4.64. The van der Waals surface area contributed by atoms with Crippen molar-refractivity contribution in [2.45, 2.75) is 39.7 Å². The van der Waals surface area contributed by atoms with E-state index in [9.17, 15) is 9.59 Å². The van der Waals surface area contributed by atoms with Crippen molar-refractivity contribution in [2.75, 3.05) is 6.54 Å². The van der Waals surface area contributed by atoms with Gasteiger partial charge in [-0.25, -0.2) is 0 Å². The van der Waals surface area contributed by atoms with Gasteiger partial charge in [0.25, 0.3) is 0 Å². The SMILES string of the molecule is CCC(C)N(CC)C(=O)[C@@H]1C[C@@H]1C(=O)O. The van der Waals surface area contributed by atoms with Gasteiger partial charge in [-0.05, 0) is 26.7 Å². The van der Waals surface area contributed by atoms with Gasteiger partial charge in [0.15, 0.2) is 0 Å². The van der Waals surface area contributed by atoms with Crippen LogP contribution in [0.5, 0.6) is 0 Å². The molecule has 0 radical (unpaired) electrons. The Hall–Kier alpha value is -1.06. The highest BCUT2D eigenvalue weighted by molar-refractivity contribution is 5.89. The average Bonchev–Trinajstić information content (AvgIpc) is 2.97. The number of carboxylic acid groups (broad SMARTS) is 1. The predicted molar refractivity (Wildman–Crippen MR) is 56.4 cm³/mol. The molecule has 86 valence electrons. The molecule has 0 bridgehead atoms. The zero-order valence-corrected chi connectivity index (χ0v) is 9.56. The third-order valence-electron chi connectivity index (χ3n) is 3.17. The summed E-state index contributed by atoms with van der Waals surface area (Å²) in [6, 6.07) is 0.206. The second-order valence-corrected chi connectivity index (χ2v) is 4.17. The lowest BCUT2D eigenvalue weighted by Gasteiger charge is -2.27. The van der Waals surface area contributed by atoms with E-state index in [0.717, 1.165) is 6.42 Å². The van der Waals surface area contributed by atoms with Crippen LogP contribution < -0.4 is 0 Å². The Morgan fingerprint density at radius 1 is 1.40 bits per heavy atom. The summed E-state index contributed by atoms with van der Waals surface area (Å²) in [5, 5.41) is 8.75. The second-order valence-electron chi connectivity index (χ2n) is 4.17. The van der Waals surface area contributed by atoms with Gasteiger partial charge in [0.2, 0.25) is 5.91 Å². The van der Waals surface area contributed by atoms with Gasteiger partial charge in [-0.15, -0.1) is 0 Å². The summed E-state index contributed by atoms with van der Waals surface area (Å²) in [6.07, 6.45) is 1.42. The van der Waals surface area contributed by atoms with Crippen molar-refractivity contribution >= 4 is 11.9 Å². The fourth-order valence-corrected chi connectivity index (χ4v) is 1.86. The molecule has 1 rings (SSSR count). The first kappa shape index (κ1) is 12.0. The Labute approximate surface area is 90.3 Å². The molecule has 0 aromatic rings. The molecule has 0 aliphatic heterocycles. The third-order valence-corrected chi connectivity index (χ3v) is 3.17. The topological polar surface area (TPSA) is 57.6 Å². The van der Waals surface area contributed by atoms with E-state index in [1.807, 2.05) is 20.8 Å². The van der Waals surface area contributed by atoms with E-state index in [0.29, 0.717) is 13.0 Å². The third kappa shape index (κ3) is 2.49. The van der Waals surface area contributed by atoms with Gasteiger partial charge in [-0.2, -0.15) is 0 Å². The molecule has 0 spiro atoms. The quantitative estimate of drug-likeness (QED) is 0.750. The van der Waals surface area contributed by atoms with Gasteiger partial charge in [-0.1, -0.05) is 6.92 Å². The lowest BCUT2D eigenvalue weighted by molar-refractivity contribution is -0.142. The predicted octanol–water partition coefficient (Wildman–Crippen LogP) is 1.35. The molecule has 1 aliphatic carbocycles. The summed E-state index contributed by atoms with van der Waals surface area (Å²) in [6.45, 7) is 6.63. The van der Waals surface area contributed by atoms with Crippen LogP contribution in [-0.4, -0.2) is 34.5 Å². The molecule has 1 amide bonds. The van der Waals surface area contributed by atoms with E-state index in [4.69, 9.17) is 5.11 Å². The zero-order valence-electron chi connectivity index (χ0n) is 9.56. The molecular weight excluding hydrogens is 194 g/mol. The van der Waals surface area contributed by atoms with Gasteiger partial charge in [0.1, 0.15) is 0 Å². The molecular formula is C11H19NO3. The Bertz CT molecular complexity index is 265. The fourth-order valence-electron chi connectivity index (χ4n) is 1.86. The number of aliphatic carboxylic acids is 1. The number of carboxylic acids is 1. The minimum absolute atomic E-state index is 0.0132. The Morgan fingerprint density at radius 2 is 2.00 bits per heavy atom. The summed E-state index contributed by atoms with van der Waals surface area (Å²) in [5.41, 5.74) is 0. The normalized spacial score (nSPS) is 25.8. The van der Waals surface area contributed by atoms with Gasteiger partial charge >= 0.3 is 5.97 Å². The molecule has 4 heteroatoms. The van der Waals surface area contributed by atoms with Crippen LogP contribution >= 0.6 is 0 Å². The summed E-state index contributed by atoms with van der Waals surface area (Å²) in [5.74, 6) is -1.53. The molecule has 4 nitrogen and oxygen atoms in total. The number of nitrogens with zero attached hydrogens (tertiary/aromatic N) is 1. The van der Waals surface area contributed by atoms with Gasteiger partial charge < -0.3 is 10.0 Å². The molecule has 0 heterocycles. The monoisotopic (exact) mass is 213 g/mol. The highest BCUT2D eigenvalue weighted by Crippen LogP contribution is 2.40. The molecule has 1 unspecified atom stereocenters. The summed E-state index contributed by atoms with van der Waals surface area (Å²) in [4.78, 5) is 24.4. The van der Waals surface area contributed by atoms with Crippen molar-refractivity contribution < 1.29 is 14.7 Å². The maximum absolute atomic E-state index is 11.9. The minimum Gasteiger partial charge on any atom is -0.481 e. The van der Waals surface area contributed by atoms with Crippen molar-refractivity contribution in [2.24, 2.45) is 11.8 Å². The smallest absolute Gasteiger partial charge is 0.307 e. The number of hydrogen-bond donors (Lipinski definition) is 1. The van der Waals surface area contributed by atoms with Gasteiger partial charge in [0, 0.05) is 12.6 Å². The lowest BCUT2D eigenvalue weighted by atomic mass is 10.2. The first-order chi connectivity index (χ1) is 7.02. The number of rotatable bonds is 5. The van der Waals surface area contributed by atoms with E-state index >= 15 is 0 Å². The van der Waals surface area contributed by atoms with Crippen molar-refractivity contribution in [3.05, 3.63) is 0 Å². The number of carbonyl (C=O) groups excluding carboxylic acids is 1. The zero-order chi connectivity index (χ0) is 11.6. The molecule has 1 saturated carbocycles. The van der Waals surface area contributed by atoms with Crippen LogP contribution in [0.15, 0.2) is 0 Å². The minimum atomic E-state index is -0.839. The van der Waals surface area contributed by atoms with Crippen LogP contribution in [0.3, 0.4) is 0 Å². The standard InChI is InChI=1S/C11H19NO3/c1-4-7(3)12(5-2)10(13)8-6-9(8)11(14)15/h7-9H,4-6H2,1-3H3,(H,14,15)/t7?,8-,9+/m1/s1. The van der Waals surface area contributed by atoms with E-state index in [1.54, 1.807) is 4.90 Å². The largest absolute Gasteiger partial charge is 0.481 e. The first-order valence-corrected chi connectivity index (χ1v) is 5.56. The van der Waals surface area contributed by atoms with Gasteiger partial charge in [0.05, 0.1) is 11.8 Å². The molecule has 0 aromatic carbocycles. The van der Waals surface area contributed by atoms with Crippen LogP contribution in [-0.2, 0) is 9.59 Å². The summed E-state index contributed by atoms with van der Waals surface area (Å²) >= 11 is 0. The van der Waals surface area contributed by atoms with E-state index in [-0.39, 0.29) is 17.9 Å². The van der Waals surface area contributed by atoms with Crippen molar-refractivity contribution in [1.82, 2.24) is 4.90 Å². The maximum atomic E-state index is 11.9. The molecule has 1 fully saturated rings. The van der Waals surface area contributed by atoms with Crippen LogP contribution in [0.1, 0.15) is 33.6 Å². The Morgan fingerprint density at radius 3 is 2.33 bits per heavy atom. The summed E-state index contributed by atoms with van der Waals surface area (Å²) in [7, 11) is 0. The lowest BCUT2D eigenvalue weighted by Crippen LogP contribution is -2.39. The molecule has 15 heavy (non-hydrogen) atoms. The van der Waals surface area contributed by atoms with E-state index < -0.39 is 11.9 Å².